The SMILES string of the molecule is CC(C)[C@@H]1CC[C@@H](C)c2c1nn(Cn1nc(-c3ccccc3)c3c1[C@H](C(C)C)CC[C@H]3C)c2-c1ccccc1. The number of benzene rings is 2. The van der Waals surface area contributed by atoms with E-state index in [9.17, 15) is 0 Å². The number of hydrogen-bond acceptors (Lipinski definition) is 2. The Hall–Kier alpha value is -3.14. The first-order valence-corrected chi connectivity index (χ1v) is 15.2. The lowest BCUT2D eigenvalue weighted by molar-refractivity contribution is 0.367. The van der Waals surface area contributed by atoms with Gasteiger partial charge in [0, 0.05) is 39.8 Å². The van der Waals surface area contributed by atoms with Gasteiger partial charge in [0.25, 0.3) is 0 Å². The highest BCUT2D eigenvalue weighted by Gasteiger charge is 2.37. The van der Waals surface area contributed by atoms with Crippen LogP contribution in [0.3, 0.4) is 0 Å². The van der Waals surface area contributed by atoms with Crippen LogP contribution in [0.15, 0.2) is 60.7 Å². The van der Waals surface area contributed by atoms with Crippen molar-refractivity contribution < 1.29 is 0 Å². The Morgan fingerprint density at radius 3 is 1.85 bits per heavy atom. The molecule has 0 saturated heterocycles. The van der Waals surface area contributed by atoms with Crippen molar-refractivity contribution in [3.8, 4) is 22.5 Å². The van der Waals surface area contributed by atoms with Crippen LogP contribution in [0, 0.1) is 11.8 Å². The van der Waals surface area contributed by atoms with Crippen LogP contribution in [-0.2, 0) is 6.67 Å². The zero-order valence-electron chi connectivity index (χ0n) is 24.6. The predicted octanol–water partition coefficient (Wildman–Crippen LogP) is 9.19. The van der Waals surface area contributed by atoms with E-state index in [4.69, 9.17) is 10.2 Å². The topological polar surface area (TPSA) is 35.6 Å². The largest absolute Gasteiger partial charge is 0.247 e. The van der Waals surface area contributed by atoms with E-state index >= 15 is 0 Å². The summed E-state index contributed by atoms with van der Waals surface area (Å²) in [7, 11) is 0. The molecule has 0 radical (unpaired) electrons. The summed E-state index contributed by atoms with van der Waals surface area (Å²) < 4.78 is 4.63. The first-order chi connectivity index (χ1) is 18.8. The average Bonchev–Trinajstić information content (AvgIpc) is 3.50. The standard InChI is InChI=1S/C35H44N4/c1-22(2)28-19-17-25(6)31-33(28)37-38(34(31)27-15-11-8-12-16-27)21-39-35-29(23(3)4)20-18-24(5)30(35)32(36-39)26-13-9-7-10-14-26/h7-16,22-25,28-29H,17-21H2,1-6H3/t24-,25-,28+,29+/m1/s1. The van der Waals surface area contributed by atoms with Gasteiger partial charge < -0.3 is 0 Å². The molecule has 2 aliphatic rings. The first kappa shape index (κ1) is 26.1. The van der Waals surface area contributed by atoms with Crippen molar-refractivity contribution in [1.29, 1.82) is 0 Å². The second-order valence-corrected chi connectivity index (χ2v) is 12.8. The summed E-state index contributed by atoms with van der Waals surface area (Å²) in [4.78, 5) is 0. The molecule has 204 valence electrons. The first-order valence-electron chi connectivity index (χ1n) is 15.2. The van der Waals surface area contributed by atoms with Gasteiger partial charge in [-0.2, -0.15) is 10.2 Å². The molecule has 4 heteroatoms. The molecule has 2 aromatic carbocycles. The van der Waals surface area contributed by atoms with E-state index in [0.717, 1.165) is 5.69 Å². The molecule has 0 saturated carbocycles. The molecule has 4 nitrogen and oxygen atoms in total. The Balaban J connectivity index is 1.56. The van der Waals surface area contributed by atoms with E-state index in [1.807, 2.05) is 0 Å². The molecule has 6 rings (SSSR count). The van der Waals surface area contributed by atoms with Crippen molar-refractivity contribution in [2.24, 2.45) is 11.8 Å². The summed E-state index contributed by atoms with van der Waals surface area (Å²) in [6.07, 6.45) is 4.89. The lowest BCUT2D eigenvalue weighted by Gasteiger charge is -2.31. The molecule has 2 aromatic heterocycles. The van der Waals surface area contributed by atoms with Crippen molar-refractivity contribution in [2.45, 2.75) is 97.6 Å². The van der Waals surface area contributed by atoms with E-state index in [0.29, 0.717) is 42.2 Å². The highest BCUT2D eigenvalue weighted by Crippen LogP contribution is 2.48. The summed E-state index contributed by atoms with van der Waals surface area (Å²) >= 11 is 0. The van der Waals surface area contributed by atoms with Crippen molar-refractivity contribution in [1.82, 2.24) is 19.6 Å². The smallest absolute Gasteiger partial charge is 0.134 e. The molecular weight excluding hydrogens is 476 g/mol. The normalized spacial score (nSPS) is 22.8. The monoisotopic (exact) mass is 520 g/mol. The Labute approximate surface area is 234 Å². The molecule has 0 fully saturated rings. The lowest BCUT2D eigenvalue weighted by Crippen LogP contribution is -2.23. The summed E-state index contributed by atoms with van der Waals surface area (Å²) in [5.74, 6) is 3.18. The summed E-state index contributed by atoms with van der Waals surface area (Å²) in [6.45, 7) is 14.9. The van der Waals surface area contributed by atoms with Gasteiger partial charge in [-0.15, -0.1) is 0 Å². The lowest BCUT2D eigenvalue weighted by atomic mass is 9.75. The molecule has 0 amide bonds. The van der Waals surface area contributed by atoms with Crippen LogP contribution in [0.2, 0.25) is 0 Å². The van der Waals surface area contributed by atoms with Crippen LogP contribution in [0.25, 0.3) is 22.5 Å². The second-order valence-electron chi connectivity index (χ2n) is 12.8. The molecule has 2 aliphatic carbocycles. The highest BCUT2D eigenvalue weighted by molar-refractivity contribution is 5.67. The van der Waals surface area contributed by atoms with Gasteiger partial charge in [0.05, 0.1) is 17.1 Å². The molecular formula is C35H44N4. The summed E-state index contributed by atoms with van der Waals surface area (Å²) in [5, 5.41) is 10.9. The Morgan fingerprint density at radius 2 is 1.23 bits per heavy atom. The fourth-order valence-corrected chi connectivity index (χ4v) is 7.39. The Kier molecular flexibility index (Phi) is 6.99. The third-order valence-corrected chi connectivity index (χ3v) is 9.53. The molecule has 0 aliphatic heterocycles. The zero-order chi connectivity index (χ0) is 27.3. The molecule has 39 heavy (non-hydrogen) atoms. The van der Waals surface area contributed by atoms with Crippen LogP contribution in [0.5, 0.6) is 0 Å². The van der Waals surface area contributed by atoms with Crippen molar-refractivity contribution in [2.75, 3.05) is 0 Å². The van der Waals surface area contributed by atoms with E-state index in [1.54, 1.807) is 0 Å². The van der Waals surface area contributed by atoms with Crippen LogP contribution < -0.4 is 0 Å². The molecule has 0 N–H and O–H groups in total. The molecule has 2 heterocycles. The van der Waals surface area contributed by atoms with Gasteiger partial charge in [0.1, 0.15) is 6.67 Å². The molecule has 0 unspecified atom stereocenters. The summed E-state index contributed by atoms with van der Waals surface area (Å²) in [5.41, 5.74) is 10.6. The Morgan fingerprint density at radius 1 is 0.667 bits per heavy atom. The molecule has 0 spiro atoms. The van der Waals surface area contributed by atoms with Gasteiger partial charge in [0.2, 0.25) is 0 Å². The van der Waals surface area contributed by atoms with Gasteiger partial charge in [-0.25, -0.2) is 9.36 Å². The number of rotatable bonds is 6. The number of aromatic nitrogens is 4. The van der Waals surface area contributed by atoms with Gasteiger partial charge >= 0.3 is 0 Å². The van der Waals surface area contributed by atoms with Crippen LogP contribution in [0.4, 0.5) is 0 Å². The second kappa shape index (κ2) is 10.4. The predicted molar refractivity (Wildman–Crippen MR) is 161 cm³/mol. The van der Waals surface area contributed by atoms with Gasteiger partial charge in [-0.1, -0.05) is 102 Å². The van der Waals surface area contributed by atoms with E-state index < -0.39 is 0 Å². The zero-order valence-corrected chi connectivity index (χ0v) is 24.6. The van der Waals surface area contributed by atoms with E-state index in [1.165, 1.54) is 65.0 Å². The minimum atomic E-state index is 0.503. The van der Waals surface area contributed by atoms with Crippen molar-refractivity contribution in [3.63, 3.8) is 0 Å². The molecule has 4 aromatic rings. The Bertz CT molecular complexity index is 1430. The maximum Gasteiger partial charge on any atom is 0.134 e. The molecule has 0 bridgehead atoms. The van der Waals surface area contributed by atoms with Crippen LogP contribution in [-0.4, -0.2) is 19.6 Å². The highest BCUT2D eigenvalue weighted by atomic mass is 15.4. The van der Waals surface area contributed by atoms with Crippen molar-refractivity contribution in [3.05, 3.63) is 83.2 Å². The van der Waals surface area contributed by atoms with Crippen LogP contribution >= 0.6 is 0 Å². The third-order valence-electron chi connectivity index (χ3n) is 9.53. The fourth-order valence-electron chi connectivity index (χ4n) is 7.39. The summed E-state index contributed by atoms with van der Waals surface area (Å²) in [6, 6.07) is 21.7. The van der Waals surface area contributed by atoms with Gasteiger partial charge in [-0.05, 0) is 49.4 Å². The average molecular weight is 521 g/mol. The number of nitrogens with zero attached hydrogens (tertiary/aromatic N) is 4. The minimum absolute atomic E-state index is 0.503. The maximum absolute atomic E-state index is 5.45. The maximum atomic E-state index is 5.45. The third kappa shape index (κ3) is 4.56. The van der Waals surface area contributed by atoms with E-state index in [2.05, 4.69) is 112 Å². The number of hydrogen-bond donors (Lipinski definition) is 0. The van der Waals surface area contributed by atoms with E-state index in [-0.39, 0.29) is 0 Å². The van der Waals surface area contributed by atoms with Gasteiger partial charge in [-0.3, -0.25) is 0 Å². The minimum Gasteiger partial charge on any atom is -0.247 e. The number of fused-ring (bicyclic) bond motifs is 2. The fraction of sp³-hybridized carbons (Fsp3) is 0.486. The molecule has 4 atom stereocenters. The van der Waals surface area contributed by atoms with Crippen LogP contribution in [0.1, 0.15) is 113 Å². The van der Waals surface area contributed by atoms with Crippen molar-refractivity contribution >= 4 is 0 Å². The quantitative estimate of drug-likeness (QED) is 0.254. The van der Waals surface area contributed by atoms with Gasteiger partial charge in [0.15, 0.2) is 0 Å².